The van der Waals surface area contributed by atoms with Gasteiger partial charge in [-0.25, -0.2) is 4.98 Å². The summed E-state index contributed by atoms with van der Waals surface area (Å²) in [6, 6.07) is 7.21. The number of amides is 2. The molecule has 2 aliphatic rings. The van der Waals surface area contributed by atoms with Crippen LogP contribution in [0.2, 0.25) is 0 Å². The molecule has 2 aliphatic heterocycles. The summed E-state index contributed by atoms with van der Waals surface area (Å²) < 4.78 is 0. The number of fused-ring (bicyclic) bond motifs is 1. The van der Waals surface area contributed by atoms with Gasteiger partial charge >= 0.3 is 0 Å². The first kappa shape index (κ1) is 20.6. The Bertz CT molecular complexity index is 954. The van der Waals surface area contributed by atoms with Crippen molar-refractivity contribution in [2.75, 3.05) is 26.2 Å². The molecular formula is C23H30N4O3. The summed E-state index contributed by atoms with van der Waals surface area (Å²) >= 11 is 0. The number of carbonyl (C=O) groups is 2. The van der Waals surface area contributed by atoms with Crippen molar-refractivity contribution >= 4 is 22.7 Å². The van der Waals surface area contributed by atoms with Crippen LogP contribution < -0.4 is 5.56 Å². The maximum atomic E-state index is 12.8. The first-order valence-corrected chi connectivity index (χ1v) is 11.2. The Balaban J connectivity index is 1.28. The number of rotatable bonds is 4. The Morgan fingerprint density at radius 2 is 1.67 bits per heavy atom. The fraction of sp³-hybridized carbons (Fsp3) is 0.565. The minimum absolute atomic E-state index is 0.0469. The number of benzene rings is 1. The number of nitrogens with zero attached hydrogens (tertiary/aromatic N) is 3. The van der Waals surface area contributed by atoms with Crippen LogP contribution in [0.1, 0.15) is 50.8 Å². The molecule has 7 heteroatoms. The lowest BCUT2D eigenvalue weighted by Crippen LogP contribution is -2.44. The van der Waals surface area contributed by atoms with Gasteiger partial charge in [-0.15, -0.1) is 0 Å². The van der Waals surface area contributed by atoms with Gasteiger partial charge in [0.2, 0.25) is 11.8 Å². The zero-order valence-corrected chi connectivity index (χ0v) is 17.4. The minimum atomic E-state index is -0.170. The Hall–Kier alpha value is -2.70. The number of aromatic amines is 1. The van der Waals surface area contributed by atoms with Gasteiger partial charge in [0.25, 0.3) is 5.56 Å². The standard InChI is InChI=1S/C23H30N4O3/c28-21(10-9-20-24-19-8-4-3-7-18(19)22(29)25-20)26-15-11-17(12-16-26)23(30)27-13-5-1-2-6-14-27/h3-4,7-8,17H,1-2,5-6,9-16H2,(H,24,25,29). The molecule has 160 valence electrons. The molecule has 2 amide bonds. The fourth-order valence-corrected chi connectivity index (χ4v) is 4.56. The third-order valence-corrected chi connectivity index (χ3v) is 6.35. The predicted octanol–water partition coefficient (Wildman–Crippen LogP) is 2.50. The van der Waals surface area contributed by atoms with Gasteiger partial charge in [-0.2, -0.15) is 0 Å². The lowest BCUT2D eigenvalue weighted by atomic mass is 9.94. The van der Waals surface area contributed by atoms with E-state index in [9.17, 15) is 14.4 Å². The normalized spacial score (nSPS) is 18.4. The molecule has 2 fully saturated rings. The van der Waals surface area contributed by atoms with Crippen molar-refractivity contribution in [1.29, 1.82) is 0 Å². The molecule has 0 spiro atoms. The topological polar surface area (TPSA) is 86.4 Å². The van der Waals surface area contributed by atoms with Gasteiger partial charge in [-0.05, 0) is 37.8 Å². The van der Waals surface area contributed by atoms with Crippen LogP contribution in [0.25, 0.3) is 10.9 Å². The molecule has 0 bridgehead atoms. The molecule has 1 aromatic carbocycles. The zero-order chi connectivity index (χ0) is 20.9. The number of hydrogen-bond donors (Lipinski definition) is 1. The molecule has 0 radical (unpaired) electrons. The number of nitrogens with one attached hydrogen (secondary N) is 1. The monoisotopic (exact) mass is 410 g/mol. The van der Waals surface area contributed by atoms with Crippen molar-refractivity contribution in [3.8, 4) is 0 Å². The first-order valence-electron chi connectivity index (χ1n) is 11.2. The van der Waals surface area contributed by atoms with Gasteiger partial charge in [-0.1, -0.05) is 25.0 Å². The van der Waals surface area contributed by atoms with Crippen LogP contribution in [0.3, 0.4) is 0 Å². The van der Waals surface area contributed by atoms with Crippen molar-refractivity contribution < 1.29 is 9.59 Å². The van der Waals surface area contributed by atoms with Crippen LogP contribution in [-0.4, -0.2) is 57.8 Å². The number of piperidine rings is 1. The van der Waals surface area contributed by atoms with Gasteiger partial charge in [0.1, 0.15) is 5.82 Å². The maximum Gasteiger partial charge on any atom is 0.258 e. The van der Waals surface area contributed by atoms with Crippen molar-refractivity contribution in [2.24, 2.45) is 5.92 Å². The average molecular weight is 411 g/mol. The summed E-state index contributed by atoms with van der Waals surface area (Å²) in [4.78, 5) is 48.8. The number of aryl methyl sites for hydroxylation is 1. The number of carbonyl (C=O) groups excluding carboxylic acids is 2. The summed E-state index contributed by atoms with van der Waals surface area (Å²) in [6.07, 6.45) is 6.85. The van der Waals surface area contributed by atoms with Gasteiger partial charge < -0.3 is 14.8 Å². The molecule has 30 heavy (non-hydrogen) atoms. The highest BCUT2D eigenvalue weighted by molar-refractivity contribution is 5.80. The zero-order valence-electron chi connectivity index (χ0n) is 17.4. The first-order chi connectivity index (χ1) is 14.6. The minimum Gasteiger partial charge on any atom is -0.343 e. The van der Waals surface area contributed by atoms with Crippen molar-refractivity contribution in [1.82, 2.24) is 19.8 Å². The Morgan fingerprint density at radius 3 is 2.40 bits per heavy atom. The van der Waals surface area contributed by atoms with Crippen LogP contribution in [-0.2, 0) is 16.0 Å². The van der Waals surface area contributed by atoms with E-state index in [0.29, 0.717) is 42.7 Å². The number of para-hydroxylation sites is 1. The lowest BCUT2D eigenvalue weighted by Gasteiger charge is -2.34. The fourth-order valence-electron chi connectivity index (χ4n) is 4.56. The van der Waals surface area contributed by atoms with E-state index in [1.54, 1.807) is 6.07 Å². The van der Waals surface area contributed by atoms with E-state index in [2.05, 4.69) is 9.97 Å². The van der Waals surface area contributed by atoms with Crippen LogP contribution in [0.4, 0.5) is 0 Å². The Labute approximate surface area is 176 Å². The van der Waals surface area contributed by atoms with E-state index in [0.717, 1.165) is 38.8 Å². The molecule has 0 aliphatic carbocycles. The molecule has 2 saturated heterocycles. The van der Waals surface area contributed by atoms with Crippen molar-refractivity contribution in [3.63, 3.8) is 0 Å². The van der Waals surface area contributed by atoms with E-state index in [1.807, 2.05) is 28.0 Å². The summed E-state index contributed by atoms with van der Waals surface area (Å²) in [5.74, 6) is 0.928. The van der Waals surface area contributed by atoms with E-state index in [-0.39, 0.29) is 23.3 Å². The largest absolute Gasteiger partial charge is 0.343 e. The highest BCUT2D eigenvalue weighted by Crippen LogP contribution is 2.22. The van der Waals surface area contributed by atoms with E-state index in [1.165, 1.54) is 12.8 Å². The molecule has 0 unspecified atom stereocenters. The van der Waals surface area contributed by atoms with E-state index < -0.39 is 0 Å². The number of aromatic nitrogens is 2. The number of likely N-dealkylation sites (tertiary alicyclic amines) is 2. The summed E-state index contributed by atoms with van der Waals surface area (Å²) in [7, 11) is 0. The molecule has 4 rings (SSSR count). The summed E-state index contributed by atoms with van der Waals surface area (Å²) in [6.45, 7) is 3.03. The van der Waals surface area contributed by atoms with Crippen LogP contribution in [0, 0.1) is 5.92 Å². The third-order valence-electron chi connectivity index (χ3n) is 6.35. The highest BCUT2D eigenvalue weighted by Gasteiger charge is 2.30. The van der Waals surface area contributed by atoms with E-state index in [4.69, 9.17) is 0 Å². The van der Waals surface area contributed by atoms with E-state index >= 15 is 0 Å². The molecule has 1 aromatic heterocycles. The molecule has 0 atom stereocenters. The Kier molecular flexibility index (Phi) is 6.45. The highest BCUT2D eigenvalue weighted by atomic mass is 16.2. The van der Waals surface area contributed by atoms with Crippen molar-refractivity contribution in [2.45, 2.75) is 51.4 Å². The molecule has 1 N–H and O–H groups in total. The third kappa shape index (κ3) is 4.71. The quantitative estimate of drug-likeness (QED) is 0.839. The average Bonchev–Trinajstić information content (AvgIpc) is 3.07. The summed E-state index contributed by atoms with van der Waals surface area (Å²) in [5.41, 5.74) is 0.479. The van der Waals surface area contributed by atoms with Crippen LogP contribution in [0.5, 0.6) is 0 Å². The molecule has 7 nitrogen and oxygen atoms in total. The summed E-state index contributed by atoms with van der Waals surface area (Å²) in [5, 5.41) is 0.559. The second kappa shape index (κ2) is 9.41. The predicted molar refractivity (Wildman–Crippen MR) is 115 cm³/mol. The van der Waals surface area contributed by atoms with Gasteiger partial charge in [0.05, 0.1) is 10.9 Å². The van der Waals surface area contributed by atoms with Gasteiger partial charge in [0.15, 0.2) is 0 Å². The maximum absolute atomic E-state index is 12.8. The SMILES string of the molecule is O=C(CCc1nc2ccccc2c(=O)[nH]1)N1CCC(C(=O)N2CCCCCC2)CC1. The second-order valence-electron chi connectivity index (χ2n) is 8.42. The second-order valence-corrected chi connectivity index (χ2v) is 8.42. The number of H-pyrrole nitrogens is 1. The number of hydrogen-bond acceptors (Lipinski definition) is 4. The smallest absolute Gasteiger partial charge is 0.258 e. The molecule has 0 saturated carbocycles. The van der Waals surface area contributed by atoms with Gasteiger partial charge in [0, 0.05) is 44.9 Å². The lowest BCUT2D eigenvalue weighted by molar-refractivity contribution is -0.140. The molecular weight excluding hydrogens is 380 g/mol. The molecule has 2 aromatic rings. The van der Waals surface area contributed by atoms with Crippen LogP contribution in [0.15, 0.2) is 29.1 Å². The molecule has 3 heterocycles. The van der Waals surface area contributed by atoms with Gasteiger partial charge in [-0.3, -0.25) is 14.4 Å². The Morgan fingerprint density at radius 1 is 0.967 bits per heavy atom. The van der Waals surface area contributed by atoms with Crippen LogP contribution >= 0.6 is 0 Å². The van der Waals surface area contributed by atoms with Crippen molar-refractivity contribution in [3.05, 3.63) is 40.4 Å².